The Morgan fingerprint density at radius 1 is 1.11 bits per heavy atom. The van der Waals surface area contributed by atoms with Crippen molar-refractivity contribution in [3.8, 4) is 5.75 Å². The van der Waals surface area contributed by atoms with Gasteiger partial charge in [-0.15, -0.1) is 0 Å². The van der Waals surface area contributed by atoms with Crippen molar-refractivity contribution in [2.75, 3.05) is 38.2 Å². The standard InChI is InChI=1S/C24H32F3N7O2/c1-16-13-33(22-29-11-19(12-30-22)24(25,26)27)14-17(2)34(16)23(35)31-20-5-8-32(9-6-20)15-18-10-28-7-4-21(18)36-3/h4,7,10-12,16-17,20H,5-6,8-9,13-15H2,1-3H3,(H,31,35)/t16-,17+. The minimum Gasteiger partial charge on any atom is -0.496 e. The van der Waals surface area contributed by atoms with Gasteiger partial charge in [-0.3, -0.25) is 9.88 Å². The summed E-state index contributed by atoms with van der Waals surface area (Å²) in [6.07, 6.45) is 2.35. The maximum Gasteiger partial charge on any atom is 0.419 e. The number of methoxy groups -OCH3 is 1. The Morgan fingerprint density at radius 3 is 2.33 bits per heavy atom. The second-order valence-corrected chi connectivity index (χ2v) is 9.47. The van der Waals surface area contributed by atoms with Crippen LogP contribution in [0.2, 0.25) is 0 Å². The van der Waals surface area contributed by atoms with Crippen molar-refractivity contribution in [3.63, 3.8) is 0 Å². The van der Waals surface area contributed by atoms with Crippen LogP contribution in [-0.4, -0.2) is 82.2 Å². The van der Waals surface area contributed by atoms with Crippen LogP contribution < -0.4 is 15.0 Å². The van der Waals surface area contributed by atoms with E-state index in [4.69, 9.17) is 4.74 Å². The highest BCUT2D eigenvalue weighted by Gasteiger charge is 2.36. The van der Waals surface area contributed by atoms with Crippen molar-refractivity contribution < 1.29 is 22.7 Å². The normalized spacial score (nSPS) is 21.9. The zero-order chi connectivity index (χ0) is 25.9. The molecule has 0 aliphatic carbocycles. The second kappa shape index (κ2) is 10.9. The van der Waals surface area contributed by atoms with E-state index in [0.717, 1.165) is 56.2 Å². The lowest BCUT2D eigenvalue weighted by atomic mass is 10.0. The summed E-state index contributed by atoms with van der Waals surface area (Å²) in [5.74, 6) is 1.06. The summed E-state index contributed by atoms with van der Waals surface area (Å²) < 4.78 is 43.9. The molecule has 0 unspecified atom stereocenters. The molecule has 2 aliphatic rings. The fourth-order valence-corrected chi connectivity index (χ4v) is 4.98. The fraction of sp³-hybridized carbons (Fsp3) is 0.583. The van der Waals surface area contributed by atoms with Crippen molar-refractivity contribution in [2.24, 2.45) is 0 Å². The zero-order valence-corrected chi connectivity index (χ0v) is 20.7. The van der Waals surface area contributed by atoms with E-state index in [-0.39, 0.29) is 30.1 Å². The number of halogens is 3. The Hall–Kier alpha value is -3.15. The van der Waals surface area contributed by atoms with Crippen molar-refractivity contribution in [3.05, 3.63) is 42.0 Å². The van der Waals surface area contributed by atoms with Crippen molar-refractivity contribution >= 4 is 12.0 Å². The third kappa shape index (κ3) is 5.97. The molecule has 0 radical (unpaired) electrons. The number of alkyl halides is 3. The van der Waals surface area contributed by atoms with Gasteiger partial charge < -0.3 is 19.9 Å². The summed E-state index contributed by atoms with van der Waals surface area (Å²) in [5, 5.41) is 3.18. The van der Waals surface area contributed by atoms with E-state index in [1.807, 2.05) is 35.9 Å². The van der Waals surface area contributed by atoms with E-state index < -0.39 is 11.7 Å². The molecule has 36 heavy (non-hydrogen) atoms. The molecule has 12 heteroatoms. The molecule has 2 amide bonds. The molecule has 196 valence electrons. The Labute approximate surface area is 208 Å². The summed E-state index contributed by atoms with van der Waals surface area (Å²) in [6.45, 7) is 7.19. The number of carbonyl (C=O) groups excluding carboxylic acids is 1. The van der Waals surface area contributed by atoms with Gasteiger partial charge in [0.15, 0.2) is 0 Å². The summed E-state index contributed by atoms with van der Waals surface area (Å²) in [7, 11) is 1.65. The molecule has 4 heterocycles. The predicted octanol–water partition coefficient (Wildman–Crippen LogP) is 3.17. The number of rotatable bonds is 5. The number of piperidine rings is 1. The number of carbonyl (C=O) groups is 1. The molecule has 0 saturated carbocycles. The SMILES string of the molecule is COc1ccncc1CN1CCC(NC(=O)N2[C@H](C)CN(c3ncc(C(F)(F)F)cn3)C[C@@H]2C)CC1. The van der Waals surface area contributed by atoms with Gasteiger partial charge in [0.2, 0.25) is 5.95 Å². The highest BCUT2D eigenvalue weighted by atomic mass is 19.4. The molecule has 0 aromatic carbocycles. The van der Waals surface area contributed by atoms with Crippen LogP contribution in [0.3, 0.4) is 0 Å². The molecule has 1 N–H and O–H groups in total. The van der Waals surface area contributed by atoms with Crippen LogP contribution in [0.5, 0.6) is 5.75 Å². The molecule has 2 fully saturated rings. The van der Waals surface area contributed by atoms with Crippen LogP contribution in [-0.2, 0) is 12.7 Å². The first-order valence-electron chi connectivity index (χ1n) is 12.1. The van der Waals surface area contributed by atoms with Gasteiger partial charge in [-0.05, 0) is 32.8 Å². The van der Waals surface area contributed by atoms with Gasteiger partial charge >= 0.3 is 12.2 Å². The van der Waals surface area contributed by atoms with E-state index in [1.54, 1.807) is 13.3 Å². The first kappa shape index (κ1) is 25.9. The molecule has 2 saturated heterocycles. The van der Waals surface area contributed by atoms with Crippen molar-refractivity contribution in [2.45, 2.75) is 57.5 Å². The monoisotopic (exact) mass is 507 g/mol. The molecule has 2 aromatic heterocycles. The quantitative estimate of drug-likeness (QED) is 0.665. The molecular weight excluding hydrogens is 475 g/mol. The van der Waals surface area contributed by atoms with Gasteiger partial charge in [0, 0.05) is 81.2 Å². The number of likely N-dealkylation sites (tertiary alicyclic amines) is 1. The predicted molar refractivity (Wildman–Crippen MR) is 128 cm³/mol. The van der Waals surface area contributed by atoms with E-state index in [9.17, 15) is 18.0 Å². The first-order chi connectivity index (χ1) is 17.2. The molecule has 0 bridgehead atoms. The lowest BCUT2D eigenvalue weighted by Gasteiger charge is -2.45. The zero-order valence-electron chi connectivity index (χ0n) is 20.7. The van der Waals surface area contributed by atoms with E-state index >= 15 is 0 Å². The Morgan fingerprint density at radius 2 is 1.75 bits per heavy atom. The van der Waals surface area contributed by atoms with Gasteiger partial charge in [-0.2, -0.15) is 13.2 Å². The summed E-state index contributed by atoms with van der Waals surface area (Å²) in [6, 6.07) is 1.51. The number of hydrogen-bond donors (Lipinski definition) is 1. The van der Waals surface area contributed by atoms with E-state index in [0.29, 0.717) is 13.1 Å². The van der Waals surface area contributed by atoms with Gasteiger partial charge in [-0.25, -0.2) is 14.8 Å². The molecule has 0 spiro atoms. The highest BCUT2D eigenvalue weighted by molar-refractivity contribution is 5.75. The maximum absolute atomic E-state index is 13.1. The number of piperazine rings is 1. The number of anilines is 1. The van der Waals surface area contributed by atoms with Crippen LogP contribution in [0.15, 0.2) is 30.9 Å². The lowest BCUT2D eigenvalue weighted by Crippen LogP contribution is -2.62. The topological polar surface area (TPSA) is 86.7 Å². The summed E-state index contributed by atoms with van der Waals surface area (Å²) in [4.78, 5) is 31.1. The van der Waals surface area contributed by atoms with E-state index in [1.165, 1.54) is 0 Å². The molecule has 4 rings (SSSR count). The van der Waals surface area contributed by atoms with Gasteiger partial charge in [-0.1, -0.05) is 0 Å². The number of hydrogen-bond acceptors (Lipinski definition) is 7. The Bertz CT molecular complexity index is 1020. The minimum atomic E-state index is -4.47. The molecule has 2 atom stereocenters. The molecular formula is C24H32F3N7O2. The molecule has 9 nitrogen and oxygen atoms in total. The second-order valence-electron chi connectivity index (χ2n) is 9.47. The fourth-order valence-electron chi connectivity index (χ4n) is 4.98. The van der Waals surface area contributed by atoms with Gasteiger partial charge in [0.1, 0.15) is 5.75 Å². The maximum atomic E-state index is 13.1. The Balaban J connectivity index is 1.28. The summed E-state index contributed by atoms with van der Waals surface area (Å²) in [5.41, 5.74) is 0.163. The number of amides is 2. The van der Waals surface area contributed by atoms with E-state index in [2.05, 4.69) is 25.2 Å². The van der Waals surface area contributed by atoms with Crippen molar-refractivity contribution in [1.29, 1.82) is 0 Å². The van der Waals surface area contributed by atoms with Crippen LogP contribution >= 0.6 is 0 Å². The van der Waals surface area contributed by atoms with Gasteiger partial charge in [0.25, 0.3) is 0 Å². The first-order valence-corrected chi connectivity index (χ1v) is 12.1. The number of ether oxygens (including phenoxy) is 1. The van der Waals surface area contributed by atoms with Crippen LogP contribution in [0.4, 0.5) is 23.9 Å². The molecule has 2 aliphatic heterocycles. The number of nitrogens with zero attached hydrogens (tertiary/aromatic N) is 6. The highest BCUT2D eigenvalue weighted by Crippen LogP contribution is 2.29. The van der Waals surface area contributed by atoms with Crippen LogP contribution in [0, 0.1) is 0 Å². The Kier molecular flexibility index (Phi) is 7.82. The smallest absolute Gasteiger partial charge is 0.419 e. The minimum absolute atomic E-state index is 0.0835. The largest absolute Gasteiger partial charge is 0.496 e. The van der Waals surface area contributed by atoms with Gasteiger partial charge in [0.05, 0.1) is 12.7 Å². The van der Waals surface area contributed by atoms with Crippen LogP contribution in [0.25, 0.3) is 0 Å². The number of aromatic nitrogens is 3. The number of urea groups is 1. The molecule has 2 aromatic rings. The average molecular weight is 508 g/mol. The lowest BCUT2D eigenvalue weighted by molar-refractivity contribution is -0.138. The summed E-state index contributed by atoms with van der Waals surface area (Å²) >= 11 is 0. The van der Waals surface area contributed by atoms with Crippen LogP contribution in [0.1, 0.15) is 37.8 Å². The average Bonchev–Trinajstić information content (AvgIpc) is 2.84. The third-order valence-corrected chi connectivity index (χ3v) is 6.79. The third-order valence-electron chi connectivity index (χ3n) is 6.79. The van der Waals surface area contributed by atoms with Crippen molar-refractivity contribution in [1.82, 2.24) is 30.1 Å². The number of pyridine rings is 1. The number of nitrogens with one attached hydrogen (secondary N) is 1.